The Kier molecular flexibility index (Phi) is 5.38. The quantitative estimate of drug-likeness (QED) is 0.331. The third kappa shape index (κ3) is 3.68. The molecule has 0 bridgehead atoms. The van der Waals surface area contributed by atoms with Crippen molar-refractivity contribution in [2.24, 2.45) is 0 Å². The van der Waals surface area contributed by atoms with Crippen LogP contribution in [0, 0.1) is 6.92 Å². The number of hydrogen-bond acceptors (Lipinski definition) is 6. The Hall–Kier alpha value is -2.95. The number of hydrogen-bond donors (Lipinski definition) is 1. The van der Waals surface area contributed by atoms with E-state index in [0.29, 0.717) is 4.90 Å². The summed E-state index contributed by atoms with van der Waals surface area (Å²) in [5.74, 6) is 0. The van der Waals surface area contributed by atoms with E-state index in [1.54, 1.807) is 35.2 Å². The molecule has 3 aromatic carbocycles. The minimum absolute atomic E-state index is 0.0343. The number of thioether (sulfide) groups is 1. The van der Waals surface area contributed by atoms with E-state index in [1.807, 2.05) is 19.1 Å². The maximum absolute atomic E-state index is 13.7. The number of thiazole rings is 1. The molecule has 4 aliphatic rings. The second-order valence-electron chi connectivity index (χ2n) is 10.5. The molecule has 6 nitrogen and oxygen atoms in total. The van der Waals surface area contributed by atoms with Crippen LogP contribution in [0.1, 0.15) is 23.4 Å². The van der Waals surface area contributed by atoms with Crippen LogP contribution in [-0.2, 0) is 16.6 Å². The number of nitrogens with one attached hydrogen (secondary N) is 1. The van der Waals surface area contributed by atoms with Gasteiger partial charge in [-0.3, -0.25) is 0 Å². The van der Waals surface area contributed by atoms with Gasteiger partial charge in [0.05, 0.1) is 33.3 Å². The fraction of sp³-hybridized carbons (Fsp3) is 0.233. The number of rotatable bonds is 3. The van der Waals surface area contributed by atoms with Crippen LogP contribution in [0.3, 0.4) is 0 Å². The zero-order chi connectivity index (χ0) is 26.3. The van der Waals surface area contributed by atoms with Crippen LogP contribution in [0.5, 0.6) is 0 Å². The van der Waals surface area contributed by atoms with Crippen molar-refractivity contribution in [3.8, 4) is 0 Å². The van der Waals surface area contributed by atoms with Crippen molar-refractivity contribution in [1.82, 2.24) is 9.84 Å². The Balaban J connectivity index is 1.29. The van der Waals surface area contributed by atoms with E-state index in [1.165, 1.54) is 42.0 Å². The Morgan fingerprint density at radius 2 is 1.74 bits per heavy atom. The molecule has 9 heteroatoms. The summed E-state index contributed by atoms with van der Waals surface area (Å²) in [7, 11) is -3.75. The number of para-hydroxylation sites is 2. The molecule has 39 heavy (non-hydrogen) atoms. The van der Waals surface area contributed by atoms with Crippen LogP contribution in [0.2, 0.25) is 0 Å². The predicted molar refractivity (Wildman–Crippen MR) is 157 cm³/mol. The summed E-state index contributed by atoms with van der Waals surface area (Å²) in [4.78, 5) is 7.06. The van der Waals surface area contributed by atoms with E-state index in [4.69, 9.17) is 0 Å². The molecule has 0 radical (unpaired) electrons. The highest BCUT2D eigenvalue weighted by atomic mass is 32.2. The van der Waals surface area contributed by atoms with E-state index in [9.17, 15) is 8.42 Å². The van der Waals surface area contributed by atoms with Gasteiger partial charge in [-0.25, -0.2) is 13.4 Å². The normalized spacial score (nSPS) is 22.2. The Morgan fingerprint density at radius 1 is 0.949 bits per heavy atom. The topological polar surface area (TPSA) is 56.5 Å². The number of aryl methyl sites for hydroxylation is 2. The first-order chi connectivity index (χ1) is 19.0. The summed E-state index contributed by atoms with van der Waals surface area (Å²) >= 11 is 3.61. The fourth-order valence-corrected chi connectivity index (χ4v) is 9.99. The maximum atomic E-state index is 13.7. The molecular weight excluding hydrogens is 545 g/mol. The van der Waals surface area contributed by atoms with Crippen LogP contribution in [0.4, 0.5) is 5.69 Å². The Bertz CT molecular complexity index is 1820. The molecule has 4 aromatic rings. The van der Waals surface area contributed by atoms with Crippen molar-refractivity contribution in [1.29, 1.82) is 0 Å². The number of fused-ring (bicyclic) bond motifs is 9. The third-order valence-electron chi connectivity index (χ3n) is 8.22. The van der Waals surface area contributed by atoms with Gasteiger partial charge in [0.15, 0.2) is 6.54 Å². The second kappa shape index (κ2) is 8.78. The minimum Gasteiger partial charge on any atom is -0.335 e. The van der Waals surface area contributed by atoms with Gasteiger partial charge >= 0.3 is 0 Å². The van der Waals surface area contributed by atoms with Gasteiger partial charge in [-0.05, 0) is 49.8 Å². The number of anilines is 1. The van der Waals surface area contributed by atoms with Gasteiger partial charge in [0.2, 0.25) is 5.52 Å². The van der Waals surface area contributed by atoms with Crippen LogP contribution >= 0.6 is 23.1 Å². The average Bonchev–Trinajstić information content (AvgIpc) is 3.52. The largest absolute Gasteiger partial charge is 0.335 e. The molecule has 5 heterocycles. The Morgan fingerprint density at radius 3 is 2.62 bits per heavy atom. The first kappa shape index (κ1) is 23.9. The lowest BCUT2D eigenvalue weighted by atomic mass is 9.86. The van der Waals surface area contributed by atoms with Crippen molar-refractivity contribution < 1.29 is 13.0 Å². The second-order valence-corrected chi connectivity index (χ2v) is 14.3. The number of nitrogens with zero attached hydrogens (tertiary/aromatic N) is 3. The van der Waals surface area contributed by atoms with Crippen LogP contribution in [0.25, 0.3) is 15.8 Å². The zero-order valence-electron chi connectivity index (χ0n) is 21.4. The van der Waals surface area contributed by atoms with Gasteiger partial charge < -0.3 is 4.90 Å². The van der Waals surface area contributed by atoms with Gasteiger partial charge in [-0.2, -0.15) is 4.57 Å². The van der Waals surface area contributed by atoms with Crippen molar-refractivity contribution in [2.75, 3.05) is 11.4 Å². The highest BCUT2D eigenvalue weighted by Gasteiger charge is 2.48. The van der Waals surface area contributed by atoms with Gasteiger partial charge in [0.25, 0.3) is 15.0 Å². The van der Waals surface area contributed by atoms with Crippen molar-refractivity contribution >= 4 is 54.6 Å². The predicted octanol–water partition coefficient (Wildman–Crippen LogP) is 5.46. The van der Waals surface area contributed by atoms with E-state index in [0.717, 1.165) is 31.5 Å². The molecule has 0 aliphatic carbocycles. The van der Waals surface area contributed by atoms with Crippen LogP contribution in [-0.4, -0.2) is 32.1 Å². The molecule has 1 aromatic heterocycles. The summed E-state index contributed by atoms with van der Waals surface area (Å²) in [5.41, 5.74) is 5.93. The SMILES string of the molecule is Cc1ccc(S(=O)(=O)NN2C3CC[n+]4c(sc5ccccc54)C3=CC3=C4Sc5ccccc5N4CCC32)cc1. The average molecular weight is 572 g/mol. The number of hydrazine groups is 1. The van der Waals surface area contributed by atoms with Gasteiger partial charge in [-0.1, -0.05) is 65.1 Å². The molecule has 4 aliphatic heterocycles. The summed E-state index contributed by atoms with van der Waals surface area (Å²) in [6.07, 6.45) is 4.07. The van der Waals surface area contributed by atoms with E-state index in [-0.39, 0.29) is 12.1 Å². The Labute approximate surface area is 236 Å². The van der Waals surface area contributed by atoms with Gasteiger partial charge in [0, 0.05) is 29.5 Å². The van der Waals surface area contributed by atoms with Crippen LogP contribution in [0.15, 0.2) is 99.3 Å². The number of benzene rings is 3. The van der Waals surface area contributed by atoms with Crippen molar-refractivity contribution in [3.05, 3.63) is 100 Å². The molecule has 0 saturated heterocycles. The van der Waals surface area contributed by atoms with Gasteiger partial charge in [-0.15, -0.1) is 4.83 Å². The molecule has 8 rings (SSSR count). The van der Waals surface area contributed by atoms with Crippen molar-refractivity contribution in [3.63, 3.8) is 0 Å². The molecule has 1 N–H and O–H groups in total. The molecule has 0 spiro atoms. The lowest BCUT2D eigenvalue weighted by Crippen LogP contribution is -2.61. The highest BCUT2D eigenvalue weighted by molar-refractivity contribution is 8.03. The smallest absolute Gasteiger partial charge is 0.267 e. The van der Waals surface area contributed by atoms with E-state index >= 15 is 0 Å². The molecule has 2 atom stereocenters. The maximum Gasteiger partial charge on any atom is 0.267 e. The summed E-state index contributed by atoms with van der Waals surface area (Å²) < 4.78 is 31.2. The van der Waals surface area contributed by atoms with Crippen LogP contribution < -0.4 is 14.3 Å². The lowest BCUT2D eigenvalue weighted by molar-refractivity contribution is -0.673. The molecule has 0 fully saturated rings. The molecule has 196 valence electrons. The molecule has 0 amide bonds. The summed E-state index contributed by atoms with van der Waals surface area (Å²) in [5, 5.41) is 4.51. The lowest BCUT2D eigenvalue weighted by Gasteiger charge is -2.46. The number of sulfonamides is 1. The number of aromatic nitrogens is 1. The molecule has 0 saturated carbocycles. The van der Waals surface area contributed by atoms with E-state index < -0.39 is 10.0 Å². The first-order valence-electron chi connectivity index (χ1n) is 13.3. The van der Waals surface area contributed by atoms with Crippen molar-refractivity contribution in [2.45, 2.75) is 48.2 Å². The van der Waals surface area contributed by atoms with E-state index in [2.05, 4.69) is 73.9 Å². The zero-order valence-corrected chi connectivity index (χ0v) is 23.8. The minimum atomic E-state index is -3.75. The highest BCUT2D eigenvalue weighted by Crippen LogP contribution is 2.52. The standard InChI is InChI=1S/C30H27N4O2S3/c1-19-10-12-20(13-11-19)39(35,36)31-34-23-14-16-32-25-6-2-4-8-27(25)37-29(32)21(23)18-22-24(34)15-17-33-26-7-3-5-9-28(26)38-30(22)33/h2-13,18,23-24,31H,14-17H2,1H3/q+1. The fourth-order valence-electron chi connectivity index (χ4n) is 6.36. The first-order valence-corrected chi connectivity index (χ1v) is 16.4. The monoisotopic (exact) mass is 571 g/mol. The third-order valence-corrected chi connectivity index (χ3v) is 12.0. The molecular formula is C30H27N4O2S3+. The van der Waals surface area contributed by atoms with Gasteiger partial charge in [0.1, 0.15) is 4.70 Å². The summed E-state index contributed by atoms with van der Waals surface area (Å²) in [6.45, 7) is 3.68. The summed E-state index contributed by atoms with van der Waals surface area (Å²) in [6, 6.07) is 24.1. The molecule has 2 unspecified atom stereocenters.